The monoisotopic (exact) mass is 1450 g/mol. The number of hydrogen-bond donors (Lipinski definition) is 19. The Bertz CT molecular complexity index is 4070. The zero-order chi connectivity index (χ0) is 73.5. The van der Waals surface area contributed by atoms with Gasteiger partial charge in [0.05, 0.1) is 41.3 Å². The Labute approximate surface area is 583 Å². The van der Waals surface area contributed by atoms with E-state index in [-0.39, 0.29) is 41.2 Å². The van der Waals surface area contributed by atoms with Crippen molar-refractivity contribution in [2.75, 3.05) is 13.7 Å². The predicted octanol–water partition coefficient (Wildman–Crippen LogP) is 0.706. The lowest BCUT2D eigenvalue weighted by Gasteiger charge is -2.47. The van der Waals surface area contributed by atoms with E-state index in [1.54, 1.807) is 0 Å². The molecule has 11 bridgehead atoms. The molecule has 2 saturated heterocycles. The quantitative estimate of drug-likeness (QED) is 0.0817. The minimum absolute atomic E-state index is 0.0991. The van der Waals surface area contributed by atoms with Gasteiger partial charge in [-0.25, -0.2) is 9.59 Å². The lowest BCUT2D eigenvalue weighted by molar-refractivity contribution is -0.333. The number of benzene rings is 5. The highest BCUT2D eigenvalue weighted by molar-refractivity contribution is 6.32. The lowest BCUT2D eigenvalue weighted by Crippen LogP contribution is -2.64. The summed E-state index contributed by atoms with van der Waals surface area (Å²) >= 11 is 14.1. The number of carboxylic acid groups (broad SMARTS) is 2. The molecule has 6 amide bonds. The highest BCUT2D eigenvalue weighted by Gasteiger charge is 2.51. The maximum Gasteiger partial charge on any atom is 0.330 e. The van der Waals surface area contributed by atoms with Crippen LogP contribution in [0.2, 0.25) is 10.0 Å². The van der Waals surface area contributed by atoms with Crippen molar-refractivity contribution in [3.8, 4) is 57.1 Å². The van der Waals surface area contributed by atoms with Crippen LogP contribution in [-0.4, -0.2) is 196 Å². The molecule has 5 aromatic carbocycles. The molecule has 0 saturated carbocycles. The first kappa shape index (κ1) is 74.5. The fourth-order valence-corrected chi connectivity index (χ4v) is 12.9. The van der Waals surface area contributed by atoms with Crippen LogP contribution in [0.25, 0.3) is 11.1 Å². The summed E-state index contributed by atoms with van der Waals surface area (Å²) < 4.78 is 38.2. The molecular formula is C66H74Cl2N8O25. The van der Waals surface area contributed by atoms with Crippen LogP contribution in [0.1, 0.15) is 105 Å². The number of hydrogen-bond acceptors (Lipinski definition) is 25. The summed E-state index contributed by atoms with van der Waals surface area (Å²) in [5.41, 5.74) is 2.21. The highest BCUT2D eigenvalue weighted by atomic mass is 35.5. The zero-order valence-electron chi connectivity index (χ0n) is 54.2. The Morgan fingerprint density at radius 1 is 0.703 bits per heavy atom. The zero-order valence-corrected chi connectivity index (χ0v) is 55.7. The van der Waals surface area contributed by atoms with Gasteiger partial charge in [-0.2, -0.15) is 0 Å². The van der Waals surface area contributed by atoms with Crippen molar-refractivity contribution in [2.45, 2.75) is 156 Å². The molecule has 20 N–H and O–H groups in total. The third-order valence-corrected chi connectivity index (χ3v) is 18.3. The van der Waals surface area contributed by atoms with E-state index in [2.05, 4.69) is 37.2 Å². The molecule has 12 rings (SSSR count). The topological polar surface area (TPSA) is 525 Å². The number of aliphatic hydroxyl groups excluding tert-OH is 6. The Hall–Kier alpha value is -9.20. The molecule has 2 fully saturated rings. The SMILES string of the molecule is CN[C@@H](CC(C)C)C(=O)N[C@H]1C(=O)N[C@H](C(=O)O)CC(=O)N[C@H]2C(=O)N[C@H]3C(=O)N[C@H](C(=O)N[C@@H](C(=O)O)c4cc(O)cc(O)c4-c4cc3ccc4O)[C@H](O)c3ccc(c(Cl)c3)Oc3cc2cc(c3O[C@@H]2O[C@H](CO)[C@@H](O)[C@H](O)[C@H]2O[C@@H]2C[C@@](C)(N)[C@@H](O)[C@H](C)O2)Oc2ccc(cc2Cl)[C@H]1O. The molecule has 0 aliphatic carbocycles. The van der Waals surface area contributed by atoms with Crippen molar-refractivity contribution >= 4 is 70.6 Å². The number of likely N-dealkylation sites (N-methyl/N-ethyl adjacent to an activating group) is 1. The molecule has 7 heterocycles. The number of carboxylic acids is 2. The number of aliphatic carboxylic acids is 2. The molecular weight excluding hydrogens is 1380 g/mol. The number of amides is 6. The van der Waals surface area contributed by atoms with Crippen LogP contribution in [-0.2, 0) is 52.6 Å². The second kappa shape index (κ2) is 30.2. The summed E-state index contributed by atoms with van der Waals surface area (Å²) in [5.74, 6) is -16.7. The van der Waals surface area contributed by atoms with Gasteiger partial charge in [0, 0.05) is 34.7 Å². The van der Waals surface area contributed by atoms with Crippen LogP contribution in [0.4, 0.5) is 0 Å². The van der Waals surface area contributed by atoms with E-state index in [0.29, 0.717) is 0 Å². The second-order valence-electron chi connectivity index (χ2n) is 25.6. The Kier molecular flexibility index (Phi) is 22.2. The van der Waals surface area contributed by atoms with Gasteiger partial charge in [-0.05, 0) is 110 Å². The Balaban J connectivity index is 1.23. The average Bonchev–Trinajstić information content (AvgIpc) is 0.953. The van der Waals surface area contributed by atoms with Gasteiger partial charge in [0.15, 0.2) is 29.9 Å². The van der Waals surface area contributed by atoms with Crippen LogP contribution >= 0.6 is 23.2 Å². The fourth-order valence-electron chi connectivity index (χ4n) is 12.4. The summed E-state index contributed by atoms with van der Waals surface area (Å²) in [6.07, 6.45) is -18.8. The maximum atomic E-state index is 15.9. The highest BCUT2D eigenvalue weighted by Crippen LogP contribution is 2.50. The third kappa shape index (κ3) is 15.8. The standard InChI is InChI=1S/C66H74Cl2N8O25/c1-23(2)12-34(70-5)58(87)75-49-51(82)26-7-10-38(32(67)14-26)97-40-16-28-17-41(55(40)101-65-56(54(85)53(84)42(22-77)99-65)100-44-21-66(4,69)57(86)24(3)96-44)98-39-11-8-27(15-33(39)68)52(83)50-62(91)74-48(64(94)95)31-18-29(78)19-37(80)45(31)30-13-25(6-9-36(30)79)46(59(88)76-50)73-60(89)47(28)72-43(81)20-35(63(92)93)71-61(49)90/h6-11,13-19,23-24,34-35,42,44,46-54,56-57,65,70,77-80,82-86H,12,20-22,69H2,1-5H3,(H,71,90)(H,72,81)(H,73,89)(H,74,91)(H,75,87)(H,76,88)(H,92,93)(H,94,95)/t24-,34-,35-,42+,44+,46+,47+,48+,49+,50-,51+,52+,53+,54-,56+,57-,65-,66+/m0/s1. The van der Waals surface area contributed by atoms with Gasteiger partial charge in [0.1, 0.15) is 89.5 Å². The molecule has 0 unspecified atom stereocenters. The molecule has 542 valence electrons. The summed E-state index contributed by atoms with van der Waals surface area (Å²) in [4.78, 5) is 116. The fraction of sp³-hybridized carbons (Fsp3) is 0.424. The van der Waals surface area contributed by atoms with E-state index in [1.807, 2.05) is 13.8 Å². The van der Waals surface area contributed by atoms with Crippen molar-refractivity contribution in [2.24, 2.45) is 11.7 Å². The van der Waals surface area contributed by atoms with Crippen molar-refractivity contribution in [3.63, 3.8) is 0 Å². The lowest BCUT2D eigenvalue weighted by atomic mass is 9.86. The predicted molar refractivity (Wildman–Crippen MR) is 348 cm³/mol. The minimum atomic E-state index is -2.32. The van der Waals surface area contributed by atoms with Crippen LogP contribution in [0.15, 0.2) is 78.9 Å². The van der Waals surface area contributed by atoms with Crippen molar-refractivity contribution in [1.82, 2.24) is 37.2 Å². The van der Waals surface area contributed by atoms with E-state index >= 15 is 9.59 Å². The molecule has 35 heteroatoms. The van der Waals surface area contributed by atoms with Gasteiger partial charge in [0.25, 0.3) is 0 Å². The molecule has 0 spiro atoms. The number of carbonyl (C=O) groups excluding carboxylic acids is 6. The summed E-state index contributed by atoms with van der Waals surface area (Å²) in [7, 11) is 1.46. The van der Waals surface area contributed by atoms with Gasteiger partial charge >= 0.3 is 11.9 Å². The number of carbonyl (C=O) groups is 8. The Morgan fingerprint density at radius 3 is 1.90 bits per heavy atom. The normalized spacial score (nSPS) is 29.6. The number of phenolic OH excluding ortho intramolecular Hbond substituents is 3. The number of nitrogens with two attached hydrogens (primary N) is 1. The van der Waals surface area contributed by atoms with Crippen molar-refractivity contribution in [1.29, 1.82) is 0 Å². The van der Waals surface area contributed by atoms with Gasteiger partial charge in [-0.3, -0.25) is 28.8 Å². The van der Waals surface area contributed by atoms with E-state index in [4.69, 9.17) is 57.4 Å². The number of aromatic hydroxyl groups is 3. The number of nitrogens with one attached hydrogen (secondary N) is 7. The minimum Gasteiger partial charge on any atom is -0.508 e. The number of fused-ring (bicyclic) bond motifs is 16. The molecule has 18 atom stereocenters. The number of halogens is 2. The van der Waals surface area contributed by atoms with Crippen LogP contribution in [0, 0.1) is 5.92 Å². The number of ether oxygens (including phenoxy) is 6. The van der Waals surface area contributed by atoms with Crippen LogP contribution in [0.5, 0.6) is 46.0 Å². The largest absolute Gasteiger partial charge is 0.508 e. The van der Waals surface area contributed by atoms with Crippen LogP contribution in [0.3, 0.4) is 0 Å². The van der Waals surface area contributed by atoms with Gasteiger partial charge in [-0.15, -0.1) is 0 Å². The molecule has 0 radical (unpaired) electrons. The molecule has 0 aromatic heterocycles. The average molecular weight is 1450 g/mol. The summed E-state index contributed by atoms with van der Waals surface area (Å²) in [5, 5.41) is 141. The maximum absolute atomic E-state index is 15.9. The Morgan fingerprint density at radius 2 is 1.32 bits per heavy atom. The summed E-state index contributed by atoms with van der Waals surface area (Å²) in [6, 6.07) is -0.942. The van der Waals surface area contributed by atoms with Crippen molar-refractivity contribution < 1.29 is 123 Å². The number of phenols is 3. The first-order valence-electron chi connectivity index (χ1n) is 31.6. The van der Waals surface area contributed by atoms with E-state index in [0.717, 1.165) is 72.8 Å². The first-order chi connectivity index (χ1) is 47.7. The van der Waals surface area contributed by atoms with E-state index in [9.17, 15) is 84.9 Å². The van der Waals surface area contributed by atoms with E-state index < -0.39 is 242 Å². The van der Waals surface area contributed by atoms with E-state index in [1.165, 1.54) is 27.0 Å². The van der Waals surface area contributed by atoms with Gasteiger partial charge in [-0.1, -0.05) is 55.2 Å². The van der Waals surface area contributed by atoms with Gasteiger partial charge < -0.3 is 128 Å². The molecule has 7 aliphatic rings. The smallest absolute Gasteiger partial charge is 0.330 e. The van der Waals surface area contributed by atoms with Crippen molar-refractivity contribution in [3.05, 3.63) is 117 Å². The molecule has 7 aliphatic heterocycles. The first-order valence-corrected chi connectivity index (χ1v) is 32.3. The number of rotatable bonds is 12. The number of aliphatic hydroxyl groups is 6. The molecule has 5 aromatic rings. The second-order valence-corrected chi connectivity index (χ2v) is 26.5. The summed E-state index contributed by atoms with van der Waals surface area (Å²) in [6.45, 7) is 5.63. The van der Waals surface area contributed by atoms with Gasteiger partial charge in [0.2, 0.25) is 47.5 Å². The molecule has 101 heavy (non-hydrogen) atoms. The molecule has 33 nitrogen and oxygen atoms in total. The van der Waals surface area contributed by atoms with Crippen LogP contribution < -0.4 is 57.2 Å². The third-order valence-electron chi connectivity index (χ3n) is 17.8.